The first-order chi connectivity index (χ1) is 7.24. The number of nitrogens with one attached hydrogen (secondary N) is 1. The summed E-state index contributed by atoms with van der Waals surface area (Å²) in [6.45, 7) is 1.23. The number of nitrogens with two attached hydrogens (primary N) is 1. The highest BCUT2D eigenvalue weighted by molar-refractivity contribution is 4.77. The first-order valence-electron chi connectivity index (χ1n) is 5.13. The molecule has 0 radical (unpaired) electrons. The Bertz CT molecular complexity index is 166. The molecule has 1 saturated heterocycles. The summed E-state index contributed by atoms with van der Waals surface area (Å²) in [5.41, 5.74) is 2.68. The number of rotatable bonds is 7. The number of alkyl halides is 2. The van der Waals surface area contributed by atoms with Crippen LogP contribution >= 0.6 is 0 Å². The molecule has 3 N–H and O–H groups in total. The number of ether oxygens (including phenoxy) is 2. The fraction of sp³-hybridized carbons (Fsp3) is 1.00. The van der Waals surface area contributed by atoms with E-state index in [0.717, 1.165) is 13.0 Å². The van der Waals surface area contributed by atoms with E-state index in [1.54, 1.807) is 0 Å². The van der Waals surface area contributed by atoms with Crippen molar-refractivity contribution in [1.29, 1.82) is 0 Å². The van der Waals surface area contributed by atoms with Gasteiger partial charge < -0.3 is 9.47 Å². The van der Waals surface area contributed by atoms with Crippen molar-refractivity contribution in [1.82, 2.24) is 5.43 Å². The van der Waals surface area contributed by atoms with Crippen LogP contribution in [0.4, 0.5) is 8.78 Å². The van der Waals surface area contributed by atoms with E-state index >= 15 is 0 Å². The van der Waals surface area contributed by atoms with Crippen molar-refractivity contribution in [2.75, 3.05) is 26.4 Å². The molecular formula is C9H18F2N2O2. The Balaban J connectivity index is 2.10. The molecule has 2 unspecified atom stereocenters. The number of hydrazine groups is 1. The van der Waals surface area contributed by atoms with Crippen molar-refractivity contribution in [3.05, 3.63) is 0 Å². The molecule has 1 aliphatic heterocycles. The average molecular weight is 224 g/mol. The largest absolute Gasteiger partial charge is 0.381 e. The van der Waals surface area contributed by atoms with E-state index in [9.17, 15) is 8.78 Å². The molecule has 4 nitrogen and oxygen atoms in total. The molecule has 1 rings (SSSR count). The van der Waals surface area contributed by atoms with Crippen LogP contribution in [0.5, 0.6) is 0 Å². The van der Waals surface area contributed by atoms with Crippen LogP contribution in [-0.2, 0) is 9.47 Å². The third-order valence-corrected chi connectivity index (χ3v) is 2.57. The van der Waals surface area contributed by atoms with Gasteiger partial charge in [0.25, 0.3) is 6.43 Å². The van der Waals surface area contributed by atoms with Crippen LogP contribution < -0.4 is 11.3 Å². The van der Waals surface area contributed by atoms with Crippen molar-refractivity contribution >= 4 is 0 Å². The molecule has 0 spiro atoms. The van der Waals surface area contributed by atoms with E-state index in [1.807, 2.05) is 0 Å². The first kappa shape index (κ1) is 12.8. The lowest BCUT2D eigenvalue weighted by molar-refractivity contribution is 0.0125. The Labute approximate surface area is 88.1 Å². The van der Waals surface area contributed by atoms with Crippen molar-refractivity contribution in [2.24, 2.45) is 11.8 Å². The quantitative estimate of drug-likeness (QED) is 0.376. The third-order valence-electron chi connectivity index (χ3n) is 2.57. The summed E-state index contributed by atoms with van der Waals surface area (Å²) in [5.74, 6) is 5.75. The minimum absolute atomic E-state index is 0.0881. The minimum atomic E-state index is -2.40. The molecule has 2 atom stereocenters. The summed E-state index contributed by atoms with van der Waals surface area (Å²) >= 11 is 0. The Hall–Kier alpha value is -0.300. The predicted molar refractivity (Wildman–Crippen MR) is 51.5 cm³/mol. The van der Waals surface area contributed by atoms with Gasteiger partial charge in [-0.15, -0.1) is 0 Å². The van der Waals surface area contributed by atoms with Gasteiger partial charge in [-0.05, 0) is 12.8 Å². The molecule has 6 heteroatoms. The van der Waals surface area contributed by atoms with Crippen LogP contribution in [0.25, 0.3) is 0 Å². The Morgan fingerprint density at radius 1 is 1.53 bits per heavy atom. The highest BCUT2D eigenvalue weighted by Crippen LogP contribution is 2.18. The summed E-state index contributed by atoms with van der Waals surface area (Å²) in [7, 11) is 0. The fourth-order valence-corrected chi connectivity index (χ4v) is 1.71. The smallest absolute Gasteiger partial charge is 0.261 e. The van der Waals surface area contributed by atoms with Gasteiger partial charge in [0.1, 0.15) is 6.61 Å². The molecule has 0 bridgehead atoms. The lowest BCUT2D eigenvalue weighted by Gasteiger charge is -2.21. The van der Waals surface area contributed by atoms with Gasteiger partial charge in [-0.2, -0.15) is 0 Å². The Kier molecular flexibility index (Phi) is 6.00. The lowest BCUT2D eigenvalue weighted by atomic mass is 9.97. The Morgan fingerprint density at radius 2 is 2.33 bits per heavy atom. The minimum Gasteiger partial charge on any atom is -0.381 e. The van der Waals surface area contributed by atoms with Crippen LogP contribution in [0.15, 0.2) is 0 Å². The summed E-state index contributed by atoms with van der Waals surface area (Å²) < 4.78 is 33.5. The highest BCUT2D eigenvalue weighted by Gasteiger charge is 2.24. The van der Waals surface area contributed by atoms with Crippen LogP contribution in [0.2, 0.25) is 0 Å². The summed E-state index contributed by atoms with van der Waals surface area (Å²) in [6.07, 6.45) is -0.801. The molecule has 1 aliphatic rings. The molecule has 1 heterocycles. The van der Waals surface area contributed by atoms with Gasteiger partial charge >= 0.3 is 0 Å². The van der Waals surface area contributed by atoms with E-state index in [-0.39, 0.29) is 6.04 Å². The Morgan fingerprint density at radius 3 is 2.87 bits per heavy atom. The van der Waals surface area contributed by atoms with E-state index in [4.69, 9.17) is 15.3 Å². The van der Waals surface area contributed by atoms with Crippen molar-refractivity contribution in [3.8, 4) is 0 Å². The maximum atomic E-state index is 11.8. The molecule has 15 heavy (non-hydrogen) atoms. The highest BCUT2D eigenvalue weighted by atomic mass is 19.3. The second-order valence-electron chi connectivity index (χ2n) is 3.65. The second kappa shape index (κ2) is 7.05. The van der Waals surface area contributed by atoms with Crippen molar-refractivity contribution in [3.63, 3.8) is 0 Å². The monoisotopic (exact) mass is 224 g/mol. The fourth-order valence-electron chi connectivity index (χ4n) is 1.71. The average Bonchev–Trinajstić information content (AvgIpc) is 2.70. The maximum Gasteiger partial charge on any atom is 0.261 e. The van der Waals surface area contributed by atoms with E-state index < -0.39 is 13.0 Å². The van der Waals surface area contributed by atoms with E-state index in [2.05, 4.69) is 5.43 Å². The topological polar surface area (TPSA) is 56.5 Å². The van der Waals surface area contributed by atoms with Gasteiger partial charge in [0.05, 0.1) is 6.61 Å². The van der Waals surface area contributed by atoms with Gasteiger partial charge in [-0.3, -0.25) is 11.3 Å². The zero-order valence-corrected chi connectivity index (χ0v) is 8.62. The standard InChI is InChI=1S/C9H18F2N2O2/c10-9(11)6-15-4-2-8(13-12)7-1-3-14-5-7/h7-9,13H,1-6,12H2. The summed E-state index contributed by atoms with van der Waals surface area (Å²) in [6, 6.07) is 0.0881. The number of halogens is 2. The molecule has 0 amide bonds. The number of hydrogen-bond donors (Lipinski definition) is 2. The van der Waals surface area contributed by atoms with Crippen LogP contribution in [-0.4, -0.2) is 38.9 Å². The van der Waals surface area contributed by atoms with Crippen molar-refractivity contribution < 1.29 is 18.3 Å². The lowest BCUT2D eigenvalue weighted by Crippen LogP contribution is -2.42. The van der Waals surface area contributed by atoms with Gasteiger partial charge in [0.15, 0.2) is 0 Å². The molecule has 1 fully saturated rings. The van der Waals surface area contributed by atoms with Gasteiger partial charge in [0.2, 0.25) is 0 Å². The number of hydrogen-bond acceptors (Lipinski definition) is 4. The van der Waals surface area contributed by atoms with E-state index in [0.29, 0.717) is 25.6 Å². The third kappa shape index (κ3) is 4.83. The maximum absolute atomic E-state index is 11.8. The zero-order chi connectivity index (χ0) is 11.1. The molecule has 0 aliphatic carbocycles. The van der Waals surface area contributed by atoms with Gasteiger partial charge in [-0.25, -0.2) is 8.78 Å². The first-order valence-corrected chi connectivity index (χ1v) is 5.13. The normalized spacial score (nSPS) is 23.6. The molecule has 90 valence electrons. The second-order valence-corrected chi connectivity index (χ2v) is 3.65. The van der Waals surface area contributed by atoms with Crippen LogP contribution in [0.1, 0.15) is 12.8 Å². The molecule has 0 saturated carbocycles. The van der Waals surface area contributed by atoms with Gasteiger partial charge in [-0.1, -0.05) is 0 Å². The summed E-state index contributed by atoms with van der Waals surface area (Å²) in [5, 5.41) is 0. The molecular weight excluding hydrogens is 206 g/mol. The molecule has 0 aromatic rings. The summed E-state index contributed by atoms with van der Waals surface area (Å²) in [4.78, 5) is 0. The van der Waals surface area contributed by atoms with E-state index in [1.165, 1.54) is 0 Å². The molecule has 0 aromatic carbocycles. The van der Waals surface area contributed by atoms with Crippen LogP contribution in [0, 0.1) is 5.92 Å². The van der Waals surface area contributed by atoms with Crippen molar-refractivity contribution in [2.45, 2.75) is 25.3 Å². The van der Waals surface area contributed by atoms with Gasteiger partial charge in [0, 0.05) is 25.2 Å². The zero-order valence-electron chi connectivity index (χ0n) is 8.62. The van der Waals surface area contributed by atoms with Crippen LogP contribution in [0.3, 0.4) is 0 Å². The predicted octanol–water partition coefficient (Wildman–Crippen LogP) is 0.527. The molecule has 0 aromatic heterocycles. The SMILES string of the molecule is NNC(CCOCC(F)F)C1CCOC1.